The van der Waals surface area contributed by atoms with E-state index < -0.39 is 97.5 Å². The summed E-state index contributed by atoms with van der Waals surface area (Å²) >= 11 is 0. The topological polar surface area (TPSA) is 237 Å². The van der Waals surface area contributed by atoms with Crippen molar-refractivity contribution < 1.29 is 80.2 Å². The predicted octanol–water partition coefficient (Wildman–Crippen LogP) is 25.7. The van der Waals surface area contributed by atoms with Gasteiger partial charge in [0, 0.05) is 25.7 Å². The molecule has 618 valence electrons. The van der Waals surface area contributed by atoms with Crippen LogP contribution in [0.5, 0.6) is 0 Å². The zero-order valence-corrected chi connectivity index (χ0v) is 70.3. The molecule has 0 amide bonds. The molecule has 0 aliphatic rings. The Hall–Kier alpha value is -1.94. The first-order valence-corrected chi connectivity index (χ1v) is 46.8. The molecular formula is C85H166O17P2. The minimum atomic E-state index is -4.97. The molecule has 104 heavy (non-hydrogen) atoms. The standard InChI is InChI=1S/C85H166O17P2/c1-8-9-10-11-12-13-14-15-16-17-18-19-20-21-22-25-29-34-39-46-54-61-68-84(89)101-80(72-95-82(87)66-59-52-45-38-33-28-26-23-24-27-31-36-42-49-56-63-76(2)3)74-99-103(91,92)97-70-79(86)71-98-104(93,94)100-75-81(73-96-83(88)67-60-53-48-41-44-51-58-65-78(6)7)102-85(90)69-62-55-47-40-35-30-32-37-43-50-57-64-77(4)5/h76-81,86H,8-75H2,1-7H3,(H,91,92)(H,93,94)/t79-,80-,81-/m1/s1. The van der Waals surface area contributed by atoms with Crippen molar-refractivity contribution in [2.45, 2.75) is 465 Å². The SMILES string of the molecule is CCCCCCCCCCCCCCCCCCCCCCCCC(=O)O[C@H](COC(=O)CCCCCCCCCCCCCCCCCC(C)C)COP(=O)(O)OC[C@@H](O)COP(=O)(O)OC[C@@H](COC(=O)CCCCCCCCCC(C)C)OC(=O)CCCCCCCCCCCCCC(C)C. The van der Waals surface area contributed by atoms with Crippen LogP contribution in [0.4, 0.5) is 0 Å². The lowest BCUT2D eigenvalue weighted by atomic mass is 10.0. The van der Waals surface area contributed by atoms with Gasteiger partial charge in [0.05, 0.1) is 26.4 Å². The molecular weight excluding hydrogens is 1350 g/mol. The van der Waals surface area contributed by atoms with Crippen LogP contribution in [0, 0.1) is 17.8 Å². The van der Waals surface area contributed by atoms with Crippen molar-refractivity contribution in [3.8, 4) is 0 Å². The van der Waals surface area contributed by atoms with Crippen LogP contribution < -0.4 is 0 Å². The third-order valence-electron chi connectivity index (χ3n) is 19.9. The molecule has 0 aliphatic carbocycles. The highest BCUT2D eigenvalue weighted by Gasteiger charge is 2.30. The Labute approximate surface area is 638 Å². The van der Waals surface area contributed by atoms with Crippen molar-refractivity contribution in [3.63, 3.8) is 0 Å². The van der Waals surface area contributed by atoms with E-state index in [-0.39, 0.29) is 25.7 Å². The largest absolute Gasteiger partial charge is 0.472 e. The van der Waals surface area contributed by atoms with Crippen LogP contribution in [0.15, 0.2) is 0 Å². The zero-order valence-electron chi connectivity index (χ0n) is 68.5. The van der Waals surface area contributed by atoms with Gasteiger partial charge in [-0.1, -0.05) is 395 Å². The highest BCUT2D eigenvalue weighted by atomic mass is 31.2. The summed E-state index contributed by atoms with van der Waals surface area (Å²) in [4.78, 5) is 73.1. The summed E-state index contributed by atoms with van der Waals surface area (Å²) in [5, 5.41) is 10.7. The number of esters is 4. The second-order valence-electron chi connectivity index (χ2n) is 32.0. The molecule has 3 N–H and O–H groups in total. The van der Waals surface area contributed by atoms with Crippen molar-refractivity contribution >= 4 is 39.5 Å². The Morgan fingerprint density at radius 2 is 0.442 bits per heavy atom. The van der Waals surface area contributed by atoms with E-state index in [0.717, 1.165) is 108 Å². The number of phosphoric acid groups is 2. The van der Waals surface area contributed by atoms with Gasteiger partial charge in [-0.2, -0.15) is 0 Å². The van der Waals surface area contributed by atoms with E-state index in [0.29, 0.717) is 31.6 Å². The molecule has 19 heteroatoms. The molecule has 0 aromatic rings. The number of aliphatic hydroxyl groups excluding tert-OH is 1. The summed E-state index contributed by atoms with van der Waals surface area (Å²) in [6.07, 6.45) is 65.5. The Balaban J connectivity index is 5.22. The first-order chi connectivity index (χ1) is 50.2. The summed E-state index contributed by atoms with van der Waals surface area (Å²) in [5.41, 5.74) is 0. The van der Waals surface area contributed by atoms with Gasteiger partial charge >= 0.3 is 39.5 Å². The number of ether oxygens (including phenoxy) is 4. The number of hydrogen-bond donors (Lipinski definition) is 3. The molecule has 0 heterocycles. The van der Waals surface area contributed by atoms with Gasteiger partial charge in [-0.05, 0) is 43.4 Å². The van der Waals surface area contributed by atoms with Crippen LogP contribution in [0.2, 0.25) is 0 Å². The van der Waals surface area contributed by atoms with Crippen LogP contribution in [0.3, 0.4) is 0 Å². The van der Waals surface area contributed by atoms with Crippen LogP contribution in [-0.4, -0.2) is 96.7 Å². The zero-order chi connectivity index (χ0) is 76.5. The highest BCUT2D eigenvalue weighted by molar-refractivity contribution is 7.47. The molecule has 5 atom stereocenters. The van der Waals surface area contributed by atoms with Crippen molar-refractivity contribution in [1.29, 1.82) is 0 Å². The van der Waals surface area contributed by atoms with Crippen LogP contribution in [-0.2, 0) is 65.4 Å². The normalized spacial score (nSPS) is 13.9. The van der Waals surface area contributed by atoms with Gasteiger partial charge in [-0.15, -0.1) is 0 Å². The van der Waals surface area contributed by atoms with Crippen LogP contribution in [0.1, 0.15) is 447 Å². The van der Waals surface area contributed by atoms with E-state index in [1.54, 1.807) is 0 Å². The third kappa shape index (κ3) is 78.2. The van der Waals surface area contributed by atoms with Crippen molar-refractivity contribution in [3.05, 3.63) is 0 Å². The van der Waals surface area contributed by atoms with Gasteiger partial charge in [0.1, 0.15) is 19.3 Å². The summed E-state index contributed by atoms with van der Waals surface area (Å²) in [7, 11) is -9.93. The molecule has 0 aromatic carbocycles. The molecule has 0 aliphatic heterocycles. The maximum Gasteiger partial charge on any atom is 0.472 e. The van der Waals surface area contributed by atoms with E-state index in [1.165, 1.54) is 250 Å². The van der Waals surface area contributed by atoms with Crippen LogP contribution >= 0.6 is 15.6 Å². The average molecular weight is 1520 g/mol. The Kier molecular flexibility index (Phi) is 73.7. The maximum absolute atomic E-state index is 13.1. The summed E-state index contributed by atoms with van der Waals surface area (Å²) < 4.78 is 68.8. The lowest BCUT2D eigenvalue weighted by molar-refractivity contribution is -0.161. The number of carbonyl (C=O) groups excluding carboxylic acids is 4. The smallest absolute Gasteiger partial charge is 0.462 e. The molecule has 17 nitrogen and oxygen atoms in total. The fourth-order valence-electron chi connectivity index (χ4n) is 13.2. The summed E-state index contributed by atoms with van der Waals surface area (Å²) in [5.74, 6) is 0.168. The van der Waals surface area contributed by atoms with Crippen molar-refractivity contribution in [2.75, 3.05) is 39.6 Å². The van der Waals surface area contributed by atoms with E-state index in [2.05, 4.69) is 48.5 Å². The van der Waals surface area contributed by atoms with Crippen LogP contribution in [0.25, 0.3) is 0 Å². The Bertz CT molecular complexity index is 2010. The summed E-state index contributed by atoms with van der Waals surface area (Å²) in [6.45, 7) is 11.9. The molecule has 0 rings (SSSR count). The van der Waals surface area contributed by atoms with Gasteiger partial charge in [0.2, 0.25) is 0 Å². The number of carbonyl (C=O) groups is 4. The van der Waals surface area contributed by atoms with Gasteiger partial charge < -0.3 is 33.8 Å². The lowest BCUT2D eigenvalue weighted by Gasteiger charge is -2.21. The second-order valence-corrected chi connectivity index (χ2v) is 34.9. The minimum Gasteiger partial charge on any atom is -0.462 e. The maximum atomic E-state index is 13.1. The predicted molar refractivity (Wildman–Crippen MR) is 428 cm³/mol. The third-order valence-corrected chi connectivity index (χ3v) is 21.8. The molecule has 0 bridgehead atoms. The summed E-state index contributed by atoms with van der Waals surface area (Å²) in [6, 6.07) is 0. The molecule has 0 spiro atoms. The molecule has 0 saturated carbocycles. The monoisotopic (exact) mass is 1520 g/mol. The fourth-order valence-corrected chi connectivity index (χ4v) is 14.8. The molecule has 0 fully saturated rings. The molecule has 0 radical (unpaired) electrons. The molecule has 0 saturated heterocycles. The fraction of sp³-hybridized carbons (Fsp3) is 0.953. The van der Waals surface area contributed by atoms with E-state index >= 15 is 0 Å². The Morgan fingerprint density at radius 3 is 0.654 bits per heavy atom. The highest BCUT2D eigenvalue weighted by Crippen LogP contribution is 2.45. The molecule has 2 unspecified atom stereocenters. The average Bonchev–Trinajstić information content (AvgIpc) is 0.931. The van der Waals surface area contributed by atoms with E-state index in [9.17, 15) is 43.2 Å². The molecule has 0 aromatic heterocycles. The number of phosphoric ester groups is 2. The number of aliphatic hydroxyl groups is 1. The quantitative estimate of drug-likeness (QED) is 0.0222. The number of hydrogen-bond acceptors (Lipinski definition) is 15. The van der Waals surface area contributed by atoms with Gasteiger partial charge in [-0.3, -0.25) is 37.3 Å². The second kappa shape index (κ2) is 75.1. The number of rotatable bonds is 83. The van der Waals surface area contributed by atoms with Crippen molar-refractivity contribution in [2.24, 2.45) is 17.8 Å². The number of unbranched alkanes of at least 4 members (excludes halogenated alkanes) is 51. The first-order valence-electron chi connectivity index (χ1n) is 43.8. The van der Waals surface area contributed by atoms with Gasteiger partial charge in [0.25, 0.3) is 0 Å². The van der Waals surface area contributed by atoms with E-state index in [1.807, 2.05) is 0 Å². The lowest BCUT2D eigenvalue weighted by Crippen LogP contribution is -2.30. The minimum absolute atomic E-state index is 0.106. The van der Waals surface area contributed by atoms with E-state index in [4.69, 9.17) is 37.0 Å². The van der Waals surface area contributed by atoms with Gasteiger partial charge in [-0.25, -0.2) is 9.13 Å². The first kappa shape index (κ1) is 102. The van der Waals surface area contributed by atoms with Gasteiger partial charge in [0.15, 0.2) is 12.2 Å². The Morgan fingerprint density at radius 1 is 0.260 bits per heavy atom. The van der Waals surface area contributed by atoms with Crippen molar-refractivity contribution in [1.82, 2.24) is 0 Å².